The van der Waals surface area contributed by atoms with Crippen LogP contribution in [0.5, 0.6) is 5.75 Å². The van der Waals surface area contributed by atoms with E-state index in [2.05, 4.69) is 10.6 Å². The van der Waals surface area contributed by atoms with Crippen LogP contribution in [-0.4, -0.2) is 37.7 Å². The van der Waals surface area contributed by atoms with E-state index in [9.17, 15) is 14.4 Å². The highest BCUT2D eigenvalue weighted by molar-refractivity contribution is 5.90. The number of ether oxygens (including phenoxy) is 2. The Morgan fingerprint density at radius 3 is 2.33 bits per heavy atom. The van der Waals surface area contributed by atoms with Crippen LogP contribution in [0.15, 0.2) is 24.3 Å². The summed E-state index contributed by atoms with van der Waals surface area (Å²) in [6.07, 6.45) is 0. The van der Waals surface area contributed by atoms with Crippen molar-refractivity contribution in [3.63, 3.8) is 0 Å². The van der Waals surface area contributed by atoms with E-state index in [0.717, 1.165) is 0 Å². The molecule has 0 aliphatic carbocycles. The second-order valence-electron chi connectivity index (χ2n) is 5.67. The molecule has 0 saturated heterocycles. The Labute approximate surface area is 140 Å². The van der Waals surface area contributed by atoms with Gasteiger partial charge in [0.05, 0.1) is 12.0 Å². The van der Waals surface area contributed by atoms with Crippen molar-refractivity contribution in [1.29, 1.82) is 0 Å². The maximum absolute atomic E-state index is 11.8. The minimum Gasteiger partial charge on any atom is -0.482 e. The second-order valence-corrected chi connectivity index (χ2v) is 5.67. The minimum absolute atomic E-state index is 0.120. The lowest BCUT2D eigenvalue weighted by Gasteiger charge is -2.20. The molecule has 4 N–H and O–H groups in total. The molecule has 3 amide bonds. The summed E-state index contributed by atoms with van der Waals surface area (Å²) < 4.78 is 9.99. The Kier molecular flexibility index (Phi) is 7.03. The van der Waals surface area contributed by atoms with E-state index in [1.807, 2.05) is 0 Å². The first kappa shape index (κ1) is 19.3. The number of benzene rings is 1. The number of rotatable bonds is 8. The molecule has 0 heterocycles. The first-order chi connectivity index (χ1) is 11.2. The monoisotopic (exact) mass is 337 g/mol. The van der Waals surface area contributed by atoms with Gasteiger partial charge in [-0.1, -0.05) is 0 Å². The molecule has 132 valence electrons. The van der Waals surface area contributed by atoms with Gasteiger partial charge in [-0.25, -0.2) is 9.59 Å². The van der Waals surface area contributed by atoms with Crippen molar-refractivity contribution in [3.8, 4) is 5.75 Å². The van der Waals surface area contributed by atoms with Gasteiger partial charge in [0.1, 0.15) is 5.75 Å². The van der Waals surface area contributed by atoms with Gasteiger partial charge in [0.15, 0.2) is 6.61 Å². The van der Waals surface area contributed by atoms with Crippen LogP contribution >= 0.6 is 0 Å². The molecule has 8 heteroatoms. The summed E-state index contributed by atoms with van der Waals surface area (Å²) in [7, 11) is 0. The fourth-order valence-electron chi connectivity index (χ4n) is 1.54. The quantitative estimate of drug-likeness (QED) is 0.617. The van der Waals surface area contributed by atoms with Gasteiger partial charge in [-0.3, -0.25) is 4.79 Å². The first-order valence-electron chi connectivity index (χ1n) is 7.48. The molecule has 0 bridgehead atoms. The molecule has 0 aromatic heterocycles. The zero-order valence-corrected chi connectivity index (χ0v) is 14.0. The highest BCUT2D eigenvalue weighted by Gasteiger charge is 2.25. The van der Waals surface area contributed by atoms with Gasteiger partial charge in [0.25, 0.3) is 0 Å². The van der Waals surface area contributed by atoms with Crippen molar-refractivity contribution < 1.29 is 23.9 Å². The Hall–Kier alpha value is -2.77. The molecule has 0 saturated carbocycles. The number of carbonyl (C=O) groups is 3. The molecule has 8 nitrogen and oxygen atoms in total. The molecule has 1 aromatic carbocycles. The third kappa shape index (κ3) is 6.55. The molecule has 0 aliphatic rings. The van der Waals surface area contributed by atoms with Gasteiger partial charge in [-0.15, -0.1) is 0 Å². The van der Waals surface area contributed by atoms with Crippen molar-refractivity contribution in [2.24, 2.45) is 11.1 Å². The maximum atomic E-state index is 11.8. The SMILES string of the molecule is CCOC(=O)COc1ccc(NC(=O)NCC(C)(C)C(N)=O)cc1. The van der Waals surface area contributed by atoms with Crippen molar-refractivity contribution in [1.82, 2.24) is 5.32 Å². The normalized spacial score (nSPS) is 10.6. The zero-order valence-electron chi connectivity index (χ0n) is 14.0. The molecule has 0 atom stereocenters. The Morgan fingerprint density at radius 1 is 1.17 bits per heavy atom. The molecule has 0 fully saturated rings. The smallest absolute Gasteiger partial charge is 0.344 e. The van der Waals surface area contributed by atoms with Gasteiger partial charge in [-0.05, 0) is 45.0 Å². The molecule has 0 spiro atoms. The fraction of sp³-hybridized carbons (Fsp3) is 0.438. The van der Waals surface area contributed by atoms with E-state index in [-0.39, 0.29) is 13.2 Å². The summed E-state index contributed by atoms with van der Waals surface area (Å²) in [5.74, 6) is -0.467. The Morgan fingerprint density at radius 2 is 1.79 bits per heavy atom. The molecule has 0 radical (unpaired) electrons. The van der Waals surface area contributed by atoms with Crippen LogP contribution < -0.4 is 21.1 Å². The molecule has 0 aliphatic heterocycles. The van der Waals surface area contributed by atoms with E-state index >= 15 is 0 Å². The van der Waals surface area contributed by atoms with E-state index in [1.54, 1.807) is 45.0 Å². The van der Waals surface area contributed by atoms with Crippen LogP contribution in [0.25, 0.3) is 0 Å². The van der Waals surface area contributed by atoms with Gasteiger partial charge in [0.2, 0.25) is 5.91 Å². The van der Waals surface area contributed by atoms with Crippen molar-refractivity contribution in [3.05, 3.63) is 24.3 Å². The minimum atomic E-state index is -0.831. The van der Waals surface area contributed by atoms with Crippen LogP contribution in [0.1, 0.15) is 20.8 Å². The fourth-order valence-corrected chi connectivity index (χ4v) is 1.54. The maximum Gasteiger partial charge on any atom is 0.344 e. The van der Waals surface area contributed by atoms with E-state index in [4.69, 9.17) is 15.2 Å². The number of anilines is 1. The topological polar surface area (TPSA) is 120 Å². The van der Waals surface area contributed by atoms with Crippen LogP contribution in [0.3, 0.4) is 0 Å². The number of carbonyl (C=O) groups excluding carboxylic acids is 3. The number of nitrogens with two attached hydrogens (primary N) is 1. The van der Waals surface area contributed by atoms with E-state index in [0.29, 0.717) is 18.0 Å². The third-order valence-corrected chi connectivity index (χ3v) is 3.13. The number of urea groups is 1. The average molecular weight is 337 g/mol. The van der Waals surface area contributed by atoms with Gasteiger partial charge in [-0.2, -0.15) is 0 Å². The predicted octanol–water partition coefficient (Wildman–Crippen LogP) is 1.26. The number of esters is 1. The molecular weight excluding hydrogens is 314 g/mol. The van der Waals surface area contributed by atoms with Crippen LogP contribution in [0.2, 0.25) is 0 Å². The van der Waals surface area contributed by atoms with Crippen LogP contribution in [-0.2, 0) is 14.3 Å². The van der Waals surface area contributed by atoms with Gasteiger partial charge >= 0.3 is 12.0 Å². The molecule has 1 aromatic rings. The van der Waals surface area contributed by atoms with Crippen molar-refractivity contribution in [2.45, 2.75) is 20.8 Å². The number of nitrogens with one attached hydrogen (secondary N) is 2. The summed E-state index contributed by atoms with van der Waals surface area (Å²) in [4.78, 5) is 34.2. The molecule has 24 heavy (non-hydrogen) atoms. The summed E-state index contributed by atoms with van der Waals surface area (Å²) >= 11 is 0. The lowest BCUT2D eigenvalue weighted by molar-refractivity contribution is -0.145. The van der Waals surface area contributed by atoms with E-state index in [1.165, 1.54) is 0 Å². The van der Waals surface area contributed by atoms with E-state index < -0.39 is 23.3 Å². The van der Waals surface area contributed by atoms with Crippen LogP contribution in [0, 0.1) is 5.41 Å². The lowest BCUT2D eigenvalue weighted by atomic mass is 9.93. The predicted molar refractivity (Wildman–Crippen MR) is 88.6 cm³/mol. The third-order valence-electron chi connectivity index (χ3n) is 3.13. The number of hydrogen-bond donors (Lipinski definition) is 3. The highest BCUT2D eigenvalue weighted by Crippen LogP contribution is 2.16. The summed E-state index contributed by atoms with van der Waals surface area (Å²) in [5.41, 5.74) is 4.94. The standard InChI is InChI=1S/C16H23N3O5/c1-4-23-13(20)9-24-12-7-5-11(6-8-12)19-15(22)18-10-16(2,3)14(17)21/h5-8H,4,9-10H2,1-3H3,(H2,17,21)(H2,18,19,22). The number of primary amides is 1. The first-order valence-corrected chi connectivity index (χ1v) is 7.48. The second kappa shape index (κ2) is 8.76. The Bertz CT molecular complexity index is 584. The van der Waals surface area contributed by atoms with Crippen molar-refractivity contribution >= 4 is 23.6 Å². The molecule has 0 unspecified atom stereocenters. The molecule has 1 rings (SSSR count). The Balaban J connectivity index is 2.45. The largest absolute Gasteiger partial charge is 0.482 e. The van der Waals surface area contributed by atoms with Gasteiger partial charge in [0, 0.05) is 12.2 Å². The summed E-state index contributed by atoms with van der Waals surface area (Å²) in [5, 5.41) is 5.19. The zero-order chi connectivity index (χ0) is 18.2. The lowest BCUT2D eigenvalue weighted by Crippen LogP contribution is -2.43. The summed E-state index contributed by atoms with van der Waals surface area (Å²) in [6.45, 7) is 5.25. The number of amides is 3. The average Bonchev–Trinajstić information content (AvgIpc) is 2.52. The van der Waals surface area contributed by atoms with Crippen molar-refractivity contribution in [2.75, 3.05) is 25.1 Å². The number of hydrogen-bond acceptors (Lipinski definition) is 5. The van der Waals surface area contributed by atoms with Crippen LogP contribution in [0.4, 0.5) is 10.5 Å². The summed E-state index contributed by atoms with van der Waals surface area (Å²) in [6, 6.07) is 6.02. The molecular formula is C16H23N3O5. The van der Waals surface area contributed by atoms with Gasteiger partial charge < -0.3 is 25.8 Å². The highest BCUT2D eigenvalue weighted by atomic mass is 16.6.